The molecule has 3 aromatic rings. The summed E-state index contributed by atoms with van der Waals surface area (Å²) in [7, 11) is 1.53. The maximum absolute atomic E-state index is 13.5. The van der Waals surface area contributed by atoms with Crippen molar-refractivity contribution in [3.8, 4) is 17.0 Å². The van der Waals surface area contributed by atoms with Gasteiger partial charge in [0.1, 0.15) is 11.8 Å². The van der Waals surface area contributed by atoms with E-state index in [1.54, 1.807) is 36.4 Å². The van der Waals surface area contributed by atoms with Crippen molar-refractivity contribution in [2.45, 2.75) is 37.5 Å². The quantitative estimate of drug-likeness (QED) is 0.284. The summed E-state index contributed by atoms with van der Waals surface area (Å²) in [5.74, 6) is 0.0311. The normalized spacial score (nSPS) is 16.7. The second kappa shape index (κ2) is 12.8. The highest BCUT2D eigenvalue weighted by atomic mass is 35.5. The molecule has 1 aromatic heterocycles. The maximum atomic E-state index is 13.5. The van der Waals surface area contributed by atoms with Crippen LogP contribution in [0.3, 0.4) is 0 Å². The molecule has 2 aliphatic heterocycles. The third-order valence-corrected chi connectivity index (χ3v) is 7.64. The average molecular weight is 582 g/mol. The van der Waals surface area contributed by atoms with Crippen molar-refractivity contribution in [3.05, 3.63) is 70.4 Å². The van der Waals surface area contributed by atoms with E-state index in [9.17, 15) is 19.8 Å². The minimum absolute atomic E-state index is 0.143. The Morgan fingerprint density at radius 2 is 2.00 bits per heavy atom. The smallest absolute Gasteiger partial charge is 0.255 e. The number of ether oxygens (including phenoxy) is 2. The van der Waals surface area contributed by atoms with E-state index < -0.39 is 30.5 Å². The van der Waals surface area contributed by atoms with Gasteiger partial charge < -0.3 is 35.2 Å². The Bertz CT molecular complexity index is 1420. The molecule has 2 aliphatic rings. The molecule has 0 aliphatic carbocycles. The first-order valence-electron chi connectivity index (χ1n) is 13.4. The number of fused-ring (bicyclic) bond motifs is 1. The SMILES string of the molecule is COc1cccc([C@@H](CO)NC(=O)[C@@H](CO)N2Cc3ccc(-c4nc(NC5CCOCC5)ncc4Cl)cc3C2=O)c1. The maximum Gasteiger partial charge on any atom is 0.255 e. The Morgan fingerprint density at radius 1 is 1.20 bits per heavy atom. The summed E-state index contributed by atoms with van der Waals surface area (Å²) in [5, 5.41) is 26.5. The molecule has 0 unspecified atom stereocenters. The molecule has 3 heterocycles. The minimum Gasteiger partial charge on any atom is -0.497 e. The molecular formula is C29H32ClN5O6. The van der Waals surface area contributed by atoms with Crippen LogP contribution in [-0.4, -0.2) is 82.5 Å². The molecule has 0 spiro atoms. The fraction of sp³-hybridized carbons (Fsp3) is 0.379. The van der Waals surface area contributed by atoms with E-state index in [-0.39, 0.29) is 19.2 Å². The minimum atomic E-state index is -1.16. The summed E-state index contributed by atoms with van der Waals surface area (Å²) >= 11 is 6.45. The van der Waals surface area contributed by atoms with Gasteiger partial charge in [-0.05, 0) is 42.2 Å². The zero-order chi connectivity index (χ0) is 28.9. The van der Waals surface area contributed by atoms with Crippen LogP contribution in [0.25, 0.3) is 11.3 Å². The van der Waals surface area contributed by atoms with E-state index in [0.29, 0.717) is 57.9 Å². The first-order chi connectivity index (χ1) is 19.9. The number of methoxy groups -OCH3 is 1. The largest absolute Gasteiger partial charge is 0.497 e. The lowest BCUT2D eigenvalue weighted by molar-refractivity contribution is -0.128. The molecule has 2 amide bonds. The van der Waals surface area contributed by atoms with E-state index in [1.165, 1.54) is 18.2 Å². The van der Waals surface area contributed by atoms with Gasteiger partial charge in [-0.3, -0.25) is 9.59 Å². The molecule has 216 valence electrons. The fourth-order valence-electron chi connectivity index (χ4n) is 5.07. The molecule has 4 N–H and O–H groups in total. The van der Waals surface area contributed by atoms with E-state index >= 15 is 0 Å². The standard InChI is InChI=1S/C29H32ClN5O6/c1-40-21-4-2-3-17(11-21)24(15-36)33-27(38)25(16-37)35-14-19-6-5-18(12-22(19)28(35)39)26-23(30)13-31-29(34-26)32-20-7-9-41-10-8-20/h2-6,11-13,20,24-25,36-37H,7-10,14-16H2,1H3,(H,33,38)(H,31,32,34)/t24-,25-/m1/s1. The number of carbonyl (C=O) groups is 2. The number of rotatable bonds is 10. The Kier molecular flexibility index (Phi) is 8.99. The lowest BCUT2D eigenvalue weighted by atomic mass is 10.0. The molecule has 1 saturated heterocycles. The van der Waals surface area contributed by atoms with Crippen LogP contribution in [-0.2, 0) is 16.1 Å². The predicted molar refractivity (Wildman–Crippen MR) is 152 cm³/mol. The van der Waals surface area contributed by atoms with Crippen molar-refractivity contribution in [2.75, 3.05) is 38.9 Å². The number of amides is 2. The Hall–Kier alpha value is -3.77. The topological polar surface area (TPSA) is 146 Å². The van der Waals surface area contributed by atoms with E-state index in [2.05, 4.69) is 20.6 Å². The van der Waals surface area contributed by atoms with Crippen molar-refractivity contribution in [3.63, 3.8) is 0 Å². The van der Waals surface area contributed by atoms with Crippen LogP contribution >= 0.6 is 11.6 Å². The number of anilines is 1. The second-order valence-electron chi connectivity index (χ2n) is 9.94. The van der Waals surface area contributed by atoms with Crippen LogP contribution < -0.4 is 15.4 Å². The van der Waals surface area contributed by atoms with Crippen molar-refractivity contribution in [2.24, 2.45) is 0 Å². The van der Waals surface area contributed by atoms with Gasteiger partial charge in [0, 0.05) is 36.9 Å². The van der Waals surface area contributed by atoms with Crippen LogP contribution in [0, 0.1) is 0 Å². The average Bonchev–Trinajstić information content (AvgIpc) is 3.32. The van der Waals surface area contributed by atoms with Gasteiger partial charge in [0.25, 0.3) is 5.91 Å². The number of nitrogens with zero attached hydrogens (tertiary/aromatic N) is 3. The summed E-state index contributed by atoms with van der Waals surface area (Å²) in [4.78, 5) is 37.0. The zero-order valence-corrected chi connectivity index (χ0v) is 23.3. The molecule has 2 aromatic carbocycles. The highest BCUT2D eigenvalue weighted by molar-refractivity contribution is 6.33. The third kappa shape index (κ3) is 6.28. The van der Waals surface area contributed by atoms with Crippen LogP contribution in [0.15, 0.2) is 48.7 Å². The van der Waals surface area contributed by atoms with Crippen molar-refractivity contribution >= 4 is 29.4 Å². The number of aromatic nitrogens is 2. The summed E-state index contributed by atoms with van der Waals surface area (Å²) < 4.78 is 10.6. The van der Waals surface area contributed by atoms with Crippen LogP contribution in [0.1, 0.15) is 40.4 Å². The van der Waals surface area contributed by atoms with Gasteiger partial charge >= 0.3 is 0 Å². The zero-order valence-electron chi connectivity index (χ0n) is 22.5. The molecule has 5 rings (SSSR count). The van der Waals surface area contributed by atoms with Gasteiger partial charge in [-0.25, -0.2) is 9.97 Å². The monoisotopic (exact) mass is 581 g/mol. The van der Waals surface area contributed by atoms with Gasteiger partial charge in [-0.15, -0.1) is 0 Å². The van der Waals surface area contributed by atoms with Gasteiger partial charge in [-0.2, -0.15) is 0 Å². The summed E-state index contributed by atoms with van der Waals surface area (Å²) in [6, 6.07) is 10.6. The number of hydrogen-bond donors (Lipinski definition) is 4. The number of carbonyl (C=O) groups excluding carboxylic acids is 2. The number of nitrogens with one attached hydrogen (secondary N) is 2. The van der Waals surface area contributed by atoms with Gasteiger partial charge in [0.2, 0.25) is 11.9 Å². The fourth-order valence-corrected chi connectivity index (χ4v) is 5.27. The van der Waals surface area contributed by atoms with Crippen LogP contribution in [0.4, 0.5) is 5.95 Å². The number of aliphatic hydroxyl groups is 2. The van der Waals surface area contributed by atoms with Crippen LogP contribution in [0.2, 0.25) is 5.02 Å². The number of halogens is 1. The van der Waals surface area contributed by atoms with Gasteiger partial charge in [0.05, 0.1) is 43.3 Å². The molecule has 41 heavy (non-hydrogen) atoms. The third-order valence-electron chi connectivity index (χ3n) is 7.36. The Balaban J connectivity index is 1.33. The Labute approximate surface area is 242 Å². The lowest BCUT2D eigenvalue weighted by Gasteiger charge is -2.27. The van der Waals surface area contributed by atoms with E-state index in [0.717, 1.165) is 12.8 Å². The van der Waals surface area contributed by atoms with E-state index in [4.69, 9.17) is 21.1 Å². The van der Waals surface area contributed by atoms with Gasteiger partial charge in [-0.1, -0.05) is 35.9 Å². The molecule has 1 fully saturated rings. The summed E-state index contributed by atoms with van der Waals surface area (Å²) in [6.07, 6.45) is 3.23. The highest BCUT2D eigenvalue weighted by Gasteiger charge is 2.37. The number of benzene rings is 2. The second-order valence-corrected chi connectivity index (χ2v) is 10.4. The van der Waals surface area contributed by atoms with E-state index in [1.807, 2.05) is 6.07 Å². The first-order valence-corrected chi connectivity index (χ1v) is 13.8. The molecule has 12 heteroatoms. The molecule has 0 bridgehead atoms. The first kappa shape index (κ1) is 28.7. The van der Waals surface area contributed by atoms with Crippen molar-refractivity contribution in [1.29, 1.82) is 0 Å². The molecule has 0 radical (unpaired) electrons. The number of aliphatic hydroxyl groups excluding tert-OH is 2. The van der Waals surface area contributed by atoms with Crippen molar-refractivity contribution < 1.29 is 29.3 Å². The Morgan fingerprint density at radius 3 is 2.73 bits per heavy atom. The summed E-state index contributed by atoms with van der Waals surface area (Å²) in [5.41, 5.74) is 2.84. The lowest BCUT2D eigenvalue weighted by Crippen LogP contribution is -2.50. The summed E-state index contributed by atoms with van der Waals surface area (Å²) in [6.45, 7) is 0.531. The molecular weight excluding hydrogens is 550 g/mol. The molecule has 11 nitrogen and oxygen atoms in total. The molecule has 0 saturated carbocycles. The molecule has 2 atom stereocenters. The highest BCUT2D eigenvalue weighted by Crippen LogP contribution is 2.32. The number of hydrogen-bond acceptors (Lipinski definition) is 9. The van der Waals surface area contributed by atoms with Gasteiger partial charge in [0.15, 0.2) is 0 Å². The van der Waals surface area contributed by atoms with Crippen LogP contribution in [0.5, 0.6) is 5.75 Å². The van der Waals surface area contributed by atoms with Crippen molar-refractivity contribution in [1.82, 2.24) is 20.2 Å². The predicted octanol–water partition coefficient (Wildman–Crippen LogP) is 2.56.